The Bertz CT molecular complexity index is 376. The molecular weight excluding hydrogens is 278 g/mol. The zero-order valence-corrected chi connectivity index (χ0v) is 12.6. The van der Waals surface area contributed by atoms with Crippen LogP contribution in [0, 0.1) is 0 Å². The number of ether oxygens (including phenoxy) is 1. The molecule has 0 heterocycles. The van der Waals surface area contributed by atoms with Gasteiger partial charge in [0, 0.05) is 11.6 Å². The van der Waals surface area contributed by atoms with Gasteiger partial charge in [0.2, 0.25) is 0 Å². The van der Waals surface area contributed by atoms with Gasteiger partial charge in [-0.2, -0.15) is 0 Å². The number of aliphatic hydroxyl groups excluding tert-OH is 2. The molecule has 20 heavy (non-hydrogen) atoms. The van der Waals surface area contributed by atoms with Crippen LogP contribution in [0.1, 0.15) is 25.3 Å². The monoisotopic (exact) mass is 301 g/mol. The fourth-order valence-electron chi connectivity index (χ4n) is 1.72. The largest absolute Gasteiger partial charge is 0.393 e. The van der Waals surface area contributed by atoms with E-state index in [1.807, 2.05) is 31.2 Å². The maximum Gasteiger partial charge on any atom is 0.0897 e. The highest BCUT2D eigenvalue weighted by Gasteiger charge is 2.06. The third-order valence-electron chi connectivity index (χ3n) is 3.03. The van der Waals surface area contributed by atoms with E-state index in [1.54, 1.807) is 0 Å². The van der Waals surface area contributed by atoms with E-state index in [4.69, 9.17) is 16.3 Å². The molecule has 0 bridgehead atoms. The minimum Gasteiger partial charge on any atom is -0.393 e. The van der Waals surface area contributed by atoms with Crippen LogP contribution in [0.15, 0.2) is 24.3 Å². The molecule has 0 saturated heterocycles. The maximum atomic E-state index is 9.74. The molecule has 0 saturated carbocycles. The first-order valence-corrected chi connectivity index (χ1v) is 7.39. The number of halogens is 1. The van der Waals surface area contributed by atoms with Crippen LogP contribution in [0.2, 0.25) is 5.02 Å². The molecule has 0 aliphatic heterocycles. The van der Waals surface area contributed by atoms with Crippen LogP contribution in [0.3, 0.4) is 0 Å². The first kappa shape index (κ1) is 17.4. The Hall–Kier alpha value is -0.650. The highest BCUT2D eigenvalue weighted by Crippen LogP contribution is 2.15. The van der Waals surface area contributed by atoms with Gasteiger partial charge in [0.15, 0.2) is 0 Å². The Morgan fingerprint density at radius 2 is 2.00 bits per heavy atom. The van der Waals surface area contributed by atoms with Crippen LogP contribution >= 0.6 is 11.6 Å². The SMILES string of the molecule is CCC(O)CCNCC(O)COCc1ccccc1Cl. The molecule has 2 unspecified atom stereocenters. The summed E-state index contributed by atoms with van der Waals surface area (Å²) in [4.78, 5) is 0. The summed E-state index contributed by atoms with van der Waals surface area (Å²) in [5.41, 5.74) is 0.917. The van der Waals surface area contributed by atoms with E-state index in [1.165, 1.54) is 0 Å². The van der Waals surface area contributed by atoms with E-state index in [0.717, 1.165) is 12.0 Å². The third kappa shape index (κ3) is 7.22. The fourth-order valence-corrected chi connectivity index (χ4v) is 1.91. The lowest BCUT2D eigenvalue weighted by Gasteiger charge is -2.14. The van der Waals surface area contributed by atoms with Gasteiger partial charge in [-0.25, -0.2) is 0 Å². The van der Waals surface area contributed by atoms with Crippen molar-refractivity contribution in [2.24, 2.45) is 0 Å². The average molecular weight is 302 g/mol. The Balaban J connectivity index is 2.08. The van der Waals surface area contributed by atoms with Gasteiger partial charge in [-0.3, -0.25) is 0 Å². The zero-order chi connectivity index (χ0) is 14.8. The number of hydrogen-bond acceptors (Lipinski definition) is 4. The lowest BCUT2D eigenvalue weighted by atomic mass is 10.2. The molecule has 1 rings (SSSR count). The standard InChI is InChI=1S/C15H24ClNO3/c1-2-13(18)7-8-17-9-14(19)11-20-10-12-5-3-4-6-15(12)16/h3-6,13-14,17-19H,2,7-11H2,1H3. The van der Waals surface area contributed by atoms with Crippen LogP contribution < -0.4 is 5.32 Å². The van der Waals surface area contributed by atoms with Crippen molar-refractivity contribution in [3.05, 3.63) is 34.9 Å². The highest BCUT2D eigenvalue weighted by molar-refractivity contribution is 6.31. The predicted molar refractivity (Wildman–Crippen MR) is 80.9 cm³/mol. The number of aliphatic hydroxyl groups is 2. The van der Waals surface area contributed by atoms with Crippen molar-refractivity contribution in [2.75, 3.05) is 19.7 Å². The van der Waals surface area contributed by atoms with Crippen molar-refractivity contribution in [1.82, 2.24) is 5.32 Å². The third-order valence-corrected chi connectivity index (χ3v) is 3.40. The minimum absolute atomic E-state index is 0.258. The van der Waals surface area contributed by atoms with Crippen LogP contribution in [0.25, 0.3) is 0 Å². The van der Waals surface area contributed by atoms with E-state index in [2.05, 4.69) is 5.32 Å². The second-order valence-corrected chi connectivity index (χ2v) is 5.22. The lowest BCUT2D eigenvalue weighted by molar-refractivity contribution is 0.0285. The van der Waals surface area contributed by atoms with Crippen molar-refractivity contribution < 1.29 is 14.9 Å². The van der Waals surface area contributed by atoms with Crippen LogP contribution in [-0.4, -0.2) is 42.1 Å². The minimum atomic E-state index is -0.559. The van der Waals surface area contributed by atoms with Crippen LogP contribution in [0.5, 0.6) is 0 Å². The normalized spacial score (nSPS) is 14.2. The lowest BCUT2D eigenvalue weighted by Crippen LogP contribution is -2.32. The predicted octanol–water partition coefficient (Wildman–Crippen LogP) is 1.97. The number of rotatable bonds is 10. The zero-order valence-electron chi connectivity index (χ0n) is 11.9. The van der Waals surface area contributed by atoms with E-state index in [0.29, 0.717) is 31.1 Å². The summed E-state index contributed by atoms with van der Waals surface area (Å²) in [6.07, 6.45) is 0.627. The quantitative estimate of drug-likeness (QED) is 0.578. The summed E-state index contributed by atoms with van der Waals surface area (Å²) in [6.45, 7) is 3.75. The van der Waals surface area contributed by atoms with Crippen molar-refractivity contribution in [3.8, 4) is 0 Å². The van der Waals surface area contributed by atoms with Gasteiger partial charge in [-0.05, 0) is 31.0 Å². The van der Waals surface area contributed by atoms with E-state index in [-0.39, 0.29) is 12.7 Å². The first-order chi connectivity index (χ1) is 9.63. The van der Waals surface area contributed by atoms with Gasteiger partial charge in [0.1, 0.15) is 0 Å². The Labute approximate surface area is 125 Å². The molecule has 0 fully saturated rings. The molecule has 3 N–H and O–H groups in total. The highest BCUT2D eigenvalue weighted by atomic mass is 35.5. The molecule has 0 spiro atoms. The fraction of sp³-hybridized carbons (Fsp3) is 0.600. The van der Waals surface area contributed by atoms with Gasteiger partial charge in [-0.1, -0.05) is 36.7 Å². The van der Waals surface area contributed by atoms with Gasteiger partial charge >= 0.3 is 0 Å². The van der Waals surface area contributed by atoms with E-state index in [9.17, 15) is 10.2 Å². The summed E-state index contributed by atoms with van der Waals surface area (Å²) in [7, 11) is 0. The smallest absolute Gasteiger partial charge is 0.0897 e. The summed E-state index contributed by atoms with van der Waals surface area (Å²) in [6, 6.07) is 7.49. The second kappa shape index (κ2) is 10.1. The molecule has 0 aromatic heterocycles. The summed E-state index contributed by atoms with van der Waals surface area (Å²) < 4.78 is 5.44. The Kier molecular flexibility index (Phi) is 8.82. The Morgan fingerprint density at radius 3 is 2.70 bits per heavy atom. The van der Waals surface area contributed by atoms with Crippen LogP contribution in [0.4, 0.5) is 0 Å². The van der Waals surface area contributed by atoms with Crippen LogP contribution in [-0.2, 0) is 11.3 Å². The second-order valence-electron chi connectivity index (χ2n) is 4.82. The molecule has 4 nitrogen and oxygen atoms in total. The number of benzene rings is 1. The molecule has 114 valence electrons. The molecule has 2 atom stereocenters. The number of hydrogen-bond donors (Lipinski definition) is 3. The molecule has 0 aliphatic carbocycles. The van der Waals surface area contributed by atoms with Crippen molar-refractivity contribution in [3.63, 3.8) is 0 Å². The van der Waals surface area contributed by atoms with Crippen molar-refractivity contribution in [2.45, 2.75) is 38.6 Å². The molecule has 1 aromatic carbocycles. The summed E-state index contributed by atoms with van der Waals surface area (Å²) in [5.74, 6) is 0. The Morgan fingerprint density at radius 1 is 1.25 bits per heavy atom. The maximum absolute atomic E-state index is 9.74. The topological polar surface area (TPSA) is 61.7 Å². The number of nitrogens with one attached hydrogen (secondary N) is 1. The molecule has 5 heteroatoms. The molecular formula is C15H24ClNO3. The van der Waals surface area contributed by atoms with Gasteiger partial charge < -0.3 is 20.3 Å². The molecule has 0 amide bonds. The molecule has 0 radical (unpaired) electrons. The van der Waals surface area contributed by atoms with Gasteiger partial charge in [-0.15, -0.1) is 0 Å². The van der Waals surface area contributed by atoms with E-state index >= 15 is 0 Å². The average Bonchev–Trinajstić information content (AvgIpc) is 2.45. The van der Waals surface area contributed by atoms with Gasteiger partial charge in [0.25, 0.3) is 0 Å². The van der Waals surface area contributed by atoms with E-state index < -0.39 is 6.10 Å². The molecule has 1 aromatic rings. The summed E-state index contributed by atoms with van der Waals surface area (Å²) >= 11 is 6.01. The van der Waals surface area contributed by atoms with Crippen molar-refractivity contribution in [1.29, 1.82) is 0 Å². The summed E-state index contributed by atoms with van der Waals surface area (Å²) in [5, 5.41) is 22.9. The van der Waals surface area contributed by atoms with Crippen molar-refractivity contribution >= 4 is 11.6 Å². The molecule has 0 aliphatic rings. The van der Waals surface area contributed by atoms with Gasteiger partial charge in [0.05, 0.1) is 25.4 Å². The first-order valence-electron chi connectivity index (χ1n) is 7.01.